The van der Waals surface area contributed by atoms with E-state index in [0.717, 1.165) is 25.0 Å². The van der Waals surface area contributed by atoms with Crippen molar-refractivity contribution < 1.29 is 9.52 Å². The zero-order chi connectivity index (χ0) is 7.68. The van der Waals surface area contributed by atoms with Gasteiger partial charge in [-0.25, -0.2) is 0 Å². The Balaban J connectivity index is 2.32. The third-order valence-corrected chi connectivity index (χ3v) is 2.40. The summed E-state index contributed by atoms with van der Waals surface area (Å²) in [4.78, 5) is 0. The summed E-state index contributed by atoms with van der Waals surface area (Å²) in [5.41, 5.74) is 1.22. The molecule has 0 saturated carbocycles. The van der Waals surface area contributed by atoms with Crippen LogP contribution in [0, 0.1) is 0 Å². The van der Waals surface area contributed by atoms with Crippen molar-refractivity contribution in [2.24, 2.45) is 0 Å². The normalized spacial score (nSPS) is 23.2. The van der Waals surface area contributed by atoms with Crippen molar-refractivity contribution in [3.63, 3.8) is 0 Å². The molecule has 1 aromatic heterocycles. The molecule has 0 fully saturated rings. The van der Waals surface area contributed by atoms with Crippen LogP contribution in [0.4, 0.5) is 0 Å². The number of aliphatic hydroxyl groups excluding tert-OH is 1. The lowest BCUT2D eigenvalue weighted by molar-refractivity contribution is 0.249. The van der Waals surface area contributed by atoms with Crippen LogP contribution in [0.2, 0.25) is 0 Å². The van der Waals surface area contributed by atoms with E-state index in [-0.39, 0.29) is 6.61 Å². The summed E-state index contributed by atoms with van der Waals surface area (Å²) < 4.78 is 5.28. The highest BCUT2D eigenvalue weighted by Crippen LogP contribution is 2.31. The Bertz CT molecular complexity index is 239. The number of aliphatic hydroxyl groups is 1. The van der Waals surface area contributed by atoms with Gasteiger partial charge in [-0.05, 0) is 24.5 Å². The van der Waals surface area contributed by atoms with Gasteiger partial charge in [0.05, 0.1) is 12.9 Å². The fourth-order valence-corrected chi connectivity index (χ4v) is 1.77. The minimum atomic E-state index is 0.256. The van der Waals surface area contributed by atoms with Gasteiger partial charge in [0.15, 0.2) is 0 Å². The predicted octanol–water partition coefficient (Wildman–Crippen LogP) is 1.69. The highest BCUT2D eigenvalue weighted by atomic mass is 16.3. The monoisotopic (exact) mass is 152 g/mol. The number of aryl methyl sites for hydroxylation is 1. The summed E-state index contributed by atoms with van der Waals surface area (Å²) in [6, 6.07) is 1.98. The molecule has 1 aliphatic rings. The Morgan fingerprint density at radius 2 is 2.55 bits per heavy atom. The van der Waals surface area contributed by atoms with Crippen molar-refractivity contribution in [1.29, 1.82) is 0 Å². The Morgan fingerprint density at radius 3 is 3.36 bits per heavy atom. The maximum atomic E-state index is 9.01. The number of hydrogen-bond acceptors (Lipinski definition) is 2. The molecule has 2 rings (SSSR count). The topological polar surface area (TPSA) is 33.4 Å². The van der Waals surface area contributed by atoms with Crippen molar-refractivity contribution in [1.82, 2.24) is 0 Å². The summed E-state index contributed by atoms with van der Waals surface area (Å²) in [5.74, 6) is 1.41. The number of furan rings is 1. The second kappa shape index (κ2) is 2.70. The molecule has 0 aromatic carbocycles. The van der Waals surface area contributed by atoms with E-state index in [1.54, 1.807) is 6.26 Å². The minimum absolute atomic E-state index is 0.256. The molecule has 1 aliphatic carbocycles. The molecule has 0 amide bonds. The SMILES string of the molecule is OCC1CCCc2occc21. The highest BCUT2D eigenvalue weighted by Gasteiger charge is 2.21. The standard InChI is InChI=1S/C9H12O2/c10-6-7-2-1-3-9-8(7)4-5-11-9/h4-5,7,10H,1-3,6H2. The molecule has 1 aromatic rings. The van der Waals surface area contributed by atoms with Crippen LogP contribution in [-0.4, -0.2) is 11.7 Å². The van der Waals surface area contributed by atoms with E-state index in [9.17, 15) is 0 Å². The smallest absolute Gasteiger partial charge is 0.107 e. The summed E-state index contributed by atoms with van der Waals surface area (Å²) in [5, 5.41) is 9.01. The Hall–Kier alpha value is -0.760. The van der Waals surface area contributed by atoms with Gasteiger partial charge in [0.2, 0.25) is 0 Å². The van der Waals surface area contributed by atoms with Gasteiger partial charge in [-0.15, -0.1) is 0 Å². The van der Waals surface area contributed by atoms with Gasteiger partial charge in [-0.3, -0.25) is 0 Å². The van der Waals surface area contributed by atoms with E-state index < -0.39 is 0 Å². The van der Waals surface area contributed by atoms with Gasteiger partial charge in [0.25, 0.3) is 0 Å². The highest BCUT2D eigenvalue weighted by molar-refractivity contribution is 5.24. The van der Waals surface area contributed by atoms with Crippen molar-refractivity contribution in [3.8, 4) is 0 Å². The molecular formula is C9H12O2. The molecule has 1 N–H and O–H groups in total. The second-order valence-corrected chi connectivity index (χ2v) is 3.07. The van der Waals surface area contributed by atoms with Gasteiger partial charge in [0.1, 0.15) is 5.76 Å². The van der Waals surface area contributed by atoms with Crippen molar-refractivity contribution in [2.75, 3.05) is 6.61 Å². The Labute approximate surface area is 65.8 Å². The van der Waals surface area contributed by atoms with E-state index in [1.165, 1.54) is 5.56 Å². The average molecular weight is 152 g/mol. The molecule has 0 saturated heterocycles. The van der Waals surface area contributed by atoms with E-state index in [1.807, 2.05) is 6.07 Å². The lowest BCUT2D eigenvalue weighted by Gasteiger charge is -2.18. The quantitative estimate of drug-likeness (QED) is 0.664. The predicted molar refractivity (Wildman–Crippen MR) is 41.5 cm³/mol. The molecule has 1 atom stereocenters. The van der Waals surface area contributed by atoms with Crippen molar-refractivity contribution >= 4 is 0 Å². The fraction of sp³-hybridized carbons (Fsp3) is 0.556. The van der Waals surface area contributed by atoms with Gasteiger partial charge >= 0.3 is 0 Å². The van der Waals surface area contributed by atoms with Crippen LogP contribution in [0.1, 0.15) is 30.1 Å². The van der Waals surface area contributed by atoms with E-state index >= 15 is 0 Å². The van der Waals surface area contributed by atoms with Crippen LogP contribution in [0.25, 0.3) is 0 Å². The Kier molecular flexibility index (Phi) is 1.70. The molecule has 0 aliphatic heterocycles. The van der Waals surface area contributed by atoms with Crippen LogP contribution < -0.4 is 0 Å². The van der Waals surface area contributed by atoms with Crippen LogP contribution in [0.15, 0.2) is 16.7 Å². The first-order valence-electron chi connectivity index (χ1n) is 4.09. The van der Waals surface area contributed by atoms with Crippen molar-refractivity contribution in [2.45, 2.75) is 25.2 Å². The lowest BCUT2D eigenvalue weighted by atomic mass is 9.88. The molecule has 2 nitrogen and oxygen atoms in total. The van der Waals surface area contributed by atoms with E-state index in [2.05, 4.69) is 0 Å². The Morgan fingerprint density at radius 1 is 1.64 bits per heavy atom. The van der Waals surface area contributed by atoms with E-state index in [4.69, 9.17) is 9.52 Å². The van der Waals surface area contributed by atoms with Crippen LogP contribution in [0.3, 0.4) is 0 Å². The maximum Gasteiger partial charge on any atom is 0.107 e. The molecule has 0 bridgehead atoms. The van der Waals surface area contributed by atoms with Gasteiger partial charge in [-0.1, -0.05) is 0 Å². The minimum Gasteiger partial charge on any atom is -0.469 e. The van der Waals surface area contributed by atoms with Crippen LogP contribution in [-0.2, 0) is 6.42 Å². The fourth-order valence-electron chi connectivity index (χ4n) is 1.77. The molecule has 1 heterocycles. The molecule has 0 radical (unpaired) electrons. The lowest BCUT2D eigenvalue weighted by Crippen LogP contribution is -2.10. The average Bonchev–Trinajstić information content (AvgIpc) is 2.50. The molecule has 0 spiro atoms. The molecule has 60 valence electrons. The zero-order valence-electron chi connectivity index (χ0n) is 6.42. The first-order chi connectivity index (χ1) is 5.42. The molecule has 11 heavy (non-hydrogen) atoms. The van der Waals surface area contributed by atoms with Gasteiger partial charge in [0, 0.05) is 12.3 Å². The number of hydrogen-bond donors (Lipinski definition) is 1. The number of fused-ring (bicyclic) bond motifs is 1. The summed E-state index contributed by atoms with van der Waals surface area (Å²) in [6.45, 7) is 0.256. The molecular weight excluding hydrogens is 140 g/mol. The van der Waals surface area contributed by atoms with E-state index in [0.29, 0.717) is 5.92 Å². The van der Waals surface area contributed by atoms with Crippen LogP contribution in [0.5, 0.6) is 0 Å². The zero-order valence-corrected chi connectivity index (χ0v) is 6.42. The van der Waals surface area contributed by atoms with Gasteiger partial charge in [-0.2, -0.15) is 0 Å². The first kappa shape index (κ1) is 6.92. The third kappa shape index (κ3) is 1.07. The maximum absolute atomic E-state index is 9.01. The van der Waals surface area contributed by atoms with Crippen LogP contribution >= 0.6 is 0 Å². The molecule has 1 unspecified atom stereocenters. The van der Waals surface area contributed by atoms with Crippen molar-refractivity contribution in [3.05, 3.63) is 23.7 Å². The summed E-state index contributed by atoms with van der Waals surface area (Å²) >= 11 is 0. The number of rotatable bonds is 1. The summed E-state index contributed by atoms with van der Waals surface area (Å²) in [7, 11) is 0. The largest absolute Gasteiger partial charge is 0.469 e. The third-order valence-electron chi connectivity index (χ3n) is 2.40. The molecule has 2 heteroatoms. The summed E-state index contributed by atoms with van der Waals surface area (Å²) in [6.07, 6.45) is 5.01. The second-order valence-electron chi connectivity index (χ2n) is 3.07. The first-order valence-corrected chi connectivity index (χ1v) is 4.09. The van der Waals surface area contributed by atoms with Gasteiger partial charge < -0.3 is 9.52 Å².